The zero-order valence-electron chi connectivity index (χ0n) is 7.06. The minimum atomic E-state index is 0.297. The molecule has 1 aliphatic rings. The number of ether oxygens (including phenoxy) is 1. The van der Waals surface area contributed by atoms with Gasteiger partial charge in [0.25, 0.3) is 0 Å². The van der Waals surface area contributed by atoms with Gasteiger partial charge < -0.3 is 10.5 Å². The first-order valence-corrected chi connectivity index (χ1v) is 4.17. The van der Waals surface area contributed by atoms with E-state index in [1.165, 1.54) is 12.3 Å². The van der Waals surface area contributed by atoms with Crippen molar-refractivity contribution < 1.29 is 9.53 Å². The van der Waals surface area contributed by atoms with E-state index in [1.54, 1.807) is 0 Å². The summed E-state index contributed by atoms with van der Waals surface area (Å²) < 4.78 is 5.45. The van der Waals surface area contributed by atoms with Crippen molar-refractivity contribution in [1.82, 2.24) is 4.98 Å². The number of aromatic nitrogens is 1. The minimum absolute atomic E-state index is 0.297. The maximum Gasteiger partial charge on any atom is 0.168 e. The molecule has 1 aliphatic carbocycles. The van der Waals surface area contributed by atoms with Gasteiger partial charge in [-0.1, -0.05) is 0 Å². The van der Waals surface area contributed by atoms with Crippen molar-refractivity contribution in [2.24, 2.45) is 0 Å². The van der Waals surface area contributed by atoms with Gasteiger partial charge in [0.1, 0.15) is 5.69 Å². The molecule has 1 fully saturated rings. The highest BCUT2D eigenvalue weighted by molar-refractivity contribution is 5.74. The van der Waals surface area contributed by atoms with Gasteiger partial charge in [0.05, 0.1) is 18.0 Å². The van der Waals surface area contributed by atoms with E-state index in [1.807, 2.05) is 0 Å². The van der Waals surface area contributed by atoms with Crippen LogP contribution >= 0.6 is 0 Å². The van der Waals surface area contributed by atoms with Gasteiger partial charge in [-0.05, 0) is 18.9 Å². The molecule has 0 saturated heterocycles. The van der Waals surface area contributed by atoms with E-state index in [9.17, 15) is 4.79 Å². The number of hydrogen-bond donors (Lipinski definition) is 1. The van der Waals surface area contributed by atoms with Crippen LogP contribution in [0.3, 0.4) is 0 Å². The Morgan fingerprint density at radius 1 is 1.62 bits per heavy atom. The molecule has 0 amide bonds. The zero-order chi connectivity index (χ0) is 9.26. The van der Waals surface area contributed by atoms with Crippen LogP contribution in [0.5, 0.6) is 5.75 Å². The molecule has 13 heavy (non-hydrogen) atoms. The van der Waals surface area contributed by atoms with Crippen LogP contribution in [-0.4, -0.2) is 17.4 Å². The van der Waals surface area contributed by atoms with Crippen molar-refractivity contribution in [1.29, 1.82) is 0 Å². The van der Waals surface area contributed by atoms with Gasteiger partial charge in [0.15, 0.2) is 12.0 Å². The Hall–Kier alpha value is -1.58. The zero-order valence-corrected chi connectivity index (χ0v) is 7.06. The fraction of sp³-hybridized carbons (Fsp3) is 0.333. The van der Waals surface area contributed by atoms with Crippen molar-refractivity contribution in [3.8, 4) is 5.75 Å². The van der Waals surface area contributed by atoms with E-state index < -0.39 is 0 Å². The Morgan fingerprint density at radius 2 is 2.38 bits per heavy atom. The lowest BCUT2D eigenvalue weighted by Crippen LogP contribution is -2.01. The number of aldehydes is 1. The van der Waals surface area contributed by atoms with Crippen molar-refractivity contribution in [2.45, 2.75) is 18.9 Å². The molecule has 2 N–H and O–H groups in total. The number of nitrogen functional groups attached to an aromatic ring is 1. The third-order valence-corrected chi connectivity index (χ3v) is 1.86. The van der Waals surface area contributed by atoms with Gasteiger partial charge in [-0.2, -0.15) is 0 Å². The molecule has 0 aliphatic heterocycles. The van der Waals surface area contributed by atoms with E-state index in [2.05, 4.69) is 4.98 Å². The molecule has 0 atom stereocenters. The molecule has 1 saturated carbocycles. The summed E-state index contributed by atoms with van der Waals surface area (Å²) in [6, 6.07) is 1.52. The van der Waals surface area contributed by atoms with E-state index in [0.29, 0.717) is 29.5 Å². The lowest BCUT2D eigenvalue weighted by atomic mass is 10.3. The largest absolute Gasteiger partial charge is 0.487 e. The fourth-order valence-electron chi connectivity index (χ4n) is 1.00. The monoisotopic (exact) mass is 178 g/mol. The first kappa shape index (κ1) is 8.04. The first-order valence-electron chi connectivity index (χ1n) is 4.17. The van der Waals surface area contributed by atoms with E-state index >= 15 is 0 Å². The van der Waals surface area contributed by atoms with Gasteiger partial charge >= 0.3 is 0 Å². The average Bonchev–Trinajstić information content (AvgIpc) is 2.92. The van der Waals surface area contributed by atoms with Crippen LogP contribution in [0.2, 0.25) is 0 Å². The van der Waals surface area contributed by atoms with Crippen molar-refractivity contribution in [3.05, 3.63) is 18.0 Å². The highest BCUT2D eigenvalue weighted by atomic mass is 16.5. The lowest BCUT2D eigenvalue weighted by molar-refractivity contribution is 0.111. The topological polar surface area (TPSA) is 65.2 Å². The molecule has 4 nitrogen and oxygen atoms in total. The van der Waals surface area contributed by atoms with Gasteiger partial charge in [-0.25, -0.2) is 4.98 Å². The lowest BCUT2D eigenvalue weighted by Gasteiger charge is -2.06. The van der Waals surface area contributed by atoms with Crippen LogP contribution < -0.4 is 10.5 Å². The Morgan fingerprint density at radius 3 is 2.92 bits per heavy atom. The SMILES string of the molecule is Nc1cc(C=O)ncc1OC1CC1. The minimum Gasteiger partial charge on any atom is -0.487 e. The van der Waals surface area contributed by atoms with Gasteiger partial charge in [0.2, 0.25) is 0 Å². The molecule has 1 aromatic rings. The molecule has 1 heterocycles. The summed E-state index contributed by atoms with van der Waals surface area (Å²) in [6.45, 7) is 0. The molecule has 0 unspecified atom stereocenters. The number of carbonyl (C=O) groups is 1. The number of nitrogens with zero attached hydrogens (tertiary/aromatic N) is 1. The summed E-state index contributed by atoms with van der Waals surface area (Å²) in [7, 11) is 0. The molecule has 0 spiro atoms. The van der Waals surface area contributed by atoms with E-state index in [4.69, 9.17) is 10.5 Å². The average molecular weight is 178 g/mol. The van der Waals surface area contributed by atoms with Gasteiger partial charge in [0, 0.05) is 0 Å². The second-order valence-electron chi connectivity index (χ2n) is 3.08. The van der Waals surface area contributed by atoms with Crippen LogP contribution in [0, 0.1) is 0 Å². The molecule has 68 valence electrons. The number of hydrogen-bond acceptors (Lipinski definition) is 4. The standard InChI is InChI=1S/C9H10N2O2/c10-8-3-6(5-12)11-4-9(8)13-7-1-2-7/h3-5,7H,1-2H2,(H2,10,11). The third kappa shape index (κ3) is 1.77. The molecular formula is C9H10N2O2. The second kappa shape index (κ2) is 3.05. The number of nitrogens with two attached hydrogens (primary N) is 1. The third-order valence-electron chi connectivity index (χ3n) is 1.86. The van der Waals surface area contributed by atoms with Crippen LogP contribution in [-0.2, 0) is 0 Å². The van der Waals surface area contributed by atoms with E-state index in [0.717, 1.165) is 12.8 Å². The van der Waals surface area contributed by atoms with Crippen molar-refractivity contribution in [2.75, 3.05) is 5.73 Å². The maximum absolute atomic E-state index is 10.3. The van der Waals surface area contributed by atoms with Crippen LogP contribution in [0.15, 0.2) is 12.3 Å². The number of rotatable bonds is 3. The maximum atomic E-state index is 10.3. The Kier molecular flexibility index (Phi) is 1.88. The number of pyridine rings is 1. The molecule has 1 aromatic heterocycles. The van der Waals surface area contributed by atoms with E-state index in [-0.39, 0.29) is 0 Å². The second-order valence-corrected chi connectivity index (χ2v) is 3.08. The quantitative estimate of drug-likeness (QED) is 0.702. The van der Waals surface area contributed by atoms with Gasteiger partial charge in [-0.3, -0.25) is 4.79 Å². The van der Waals surface area contributed by atoms with Crippen molar-refractivity contribution in [3.63, 3.8) is 0 Å². The Balaban J connectivity index is 2.20. The van der Waals surface area contributed by atoms with Crippen LogP contribution in [0.4, 0.5) is 5.69 Å². The molecule has 2 rings (SSSR count). The fourth-order valence-corrected chi connectivity index (χ4v) is 1.00. The highest BCUT2D eigenvalue weighted by Gasteiger charge is 2.24. The van der Waals surface area contributed by atoms with Crippen LogP contribution in [0.1, 0.15) is 23.3 Å². The summed E-state index contributed by atoms with van der Waals surface area (Å²) in [6.07, 6.45) is 4.62. The smallest absolute Gasteiger partial charge is 0.168 e. The molecule has 0 bridgehead atoms. The van der Waals surface area contributed by atoms with Crippen LogP contribution in [0.25, 0.3) is 0 Å². The molecule has 0 radical (unpaired) electrons. The summed E-state index contributed by atoms with van der Waals surface area (Å²) in [5.41, 5.74) is 6.46. The Bertz CT molecular complexity index is 334. The summed E-state index contributed by atoms with van der Waals surface area (Å²) >= 11 is 0. The molecule has 4 heteroatoms. The summed E-state index contributed by atoms with van der Waals surface area (Å²) in [5.74, 6) is 0.577. The van der Waals surface area contributed by atoms with Gasteiger partial charge in [-0.15, -0.1) is 0 Å². The molecule has 0 aromatic carbocycles. The van der Waals surface area contributed by atoms with Crippen molar-refractivity contribution >= 4 is 12.0 Å². The predicted octanol–water partition coefficient (Wildman–Crippen LogP) is 1.02. The Labute approximate surface area is 75.7 Å². The number of anilines is 1. The summed E-state index contributed by atoms with van der Waals surface area (Å²) in [4.78, 5) is 14.2. The highest BCUT2D eigenvalue weighted by Crippen LogP contribution is 2.29. The predicted molar refractivity (Wildman–Crippen MR) is 47.7 cm³/mol. The normalized spacial score (nSPS) is 15.4. The first-order chi connectivity index (χ1) is 6.29. The molecular weight excluding hydrogens is 168 g/mol. The number of carbonyl (C=O) groups excluding carboxylic acids is 1. The summed E-state index contributed by atoms with van der Waals surface area (Å²) in [5, 5.41) is 0.